The maximum absolute atomic E-state index is 11.2. The lowest BCUT2D eigenvalue weighted by Gasteiger charge is -2.06. The average molecular weight is 208 g/mol. The number of carbonyl (C=O) groups is 2. The molecule has 1 aromatic carbocycles. The molecule has 2 amide bonds. The Kier molecular flexibility index (Phi) is 2.17. The number of rotatable bonds is 0. The van der Waals surface area contributed by atoms with E-state index in [4.69, 9.17) is 0 Å². The van der Waals surface area contributed by atoms with Gasteiger partial charge in [-0.05, 0) is 18.2 Å². The van der Waals surface area contributed by atoms with Crippen molar-refractivity contribution in [2.75, 3.05) is 10.6 Å². The van der Waals surface area contributed by atoms with E-state index in [1.807, 2.05) is 0 Å². The lowest BCUT2D eigenvalue weighted by Crippen LogP contribution is -2.16. The van der Waals surface area contributed by atoms with Crippen LogP contribution >= 0.6 is 12.6 Å². The van der Waals surface area contributed by atoms with Crippen LogP contribution in [0.3, 0.4) is 0 Å². The molecular weight excluding hydrogens is 200 g/mol. The van der Waals surface area contributed by atoms with E-state index in [0.717, 1.165) is 4.90 Å². The topological polar surface area (TPSA) is 58.2 Å². The fourth-order valence-corrected chi connectivity index (χ4v) is 1.48. The normalized spacial score (nSPS) is 15.2. The number of hydrogen-bond acceptors (Lipinski definition) is 3. The first-order valence-electron chi connectivity index (χ1n) is 4.08. The second kappa shape index (κ2) is 3.34. The molecule has 72 valence electrons. The van der Waals surface area contributed by atoms with Crippen LogP contribution in [0, 0.1) is 0 Å². The fraction of sp³-hybridized carbons (Fsp3) is 0.111. The zero-order valence-corrected chi connectivity index (χ0v) is 8.10. The third kappa shape index (κ3) is 1.72. The smallest absolute Gasteiger partial charge is 0.233 e. The molecule has 1 aliphatic heterocycles. The van der Waals surface area contributed by atoms with Gasteiger partial charge in [-0.15, -0.1) is 12.6 Å². The van der Waals surface area contributed by atoms with Gasteiger partial charge in [0, 0.05) is 4.90 Å². The number of anilines is 2. The highest BCUT2D eigenvalue weighted by atomic mass is 32.1. The van der Waals surface area contributed by atoms with Gasteiger partial charge in [0.05, 0.1) is 11.4 Å². The quantitative estimate of drug-likeness (QED) is 0.444. The van der Waals surface area contributed by atoms with Crippen LogP contribution in [0.1, 0.15) is 6.42 Å². The standard InChI is InChI=1S/C9H8N2O2S/c12-8-4-9(13)11-7-3-5(14)1-2-6(7)10-8/h1-3,14H,4H2,(H,10,12)(H,11,13). The van der Waals surface area contributed by atoms with E-state index in [9.17, 15) is 9.59 Å². The first-order chi connectivity index (χ1) is 6.65. The number of carbonyl (C=O) groups excluding carboxylic acids is 2. The SMILES string of the molecule is O=C1CC(=O)Nc2cc(S)ccc2N1. The Bertz CT molecular complexity index is 417. The summed E-state index contributed by atoms with van der Waals surface area (Å²) in [6, 6.07) is 5.16. The van der Waals surface area contributed by atoms with Gasteiger partial charge in [0.2, 0.25) is 11.8 Å². The van der Waals surface area contributed by atoms with Crippen LogP contribution in [-0.4, -0.2) is 11.8 Å². The molecule has 1 aromatic rings. The van der Waals surface area contributed by atoms with E-state index >= 15 is 0 Å². The summed E-state index contributed by atoms with van der Waals surface area (Å²) >= 11 is 4.14. The van der Waals surface area contributed by atoms with E-state index in [0.29, 0.717) is 11.4 Å². The molecule has 0 aromatic heterocycles. The zero-order valence-electron chi connectivity index (χ0n) is 7.20. The molecule has 0 unspecified atom stereocenters. The molecule has 0 fully saturated rings. The molecule has 1 heterocycles. The molecule has 5 heteroatoms. The average Bonchev–Trinajstić information content (AvgIpc) is 2.21. The Labute approximate surface area is 86.1 Å². The molecule has 0 aliphatic carbocycles. The van der Waals surface area contributed by atoms with Gasteiger partial charge in [0.25, 0.3) is 0 Å². The van der Waals surface area contributed by atoms with Crippen molar-refractivity contribution in [2.45, 2.75) is 11.3 Å². The van der Waals surface area contributed by atoms with E-state index in [2.05, 4.69) is 23.3 Å². The van der Waals surface area contributed by atoms with Crippen molar-refractivity contribution in [3.05, 3.63) is 18.2 Å². The highest BCUT2D eigenvalue weighted by molar-refractivity contribution is 7.80. The molecule has 2 rings (SSSR count). The van der Waals surface area contributed by atoms with Gasteiger partial charge in [-0.2, -0.15) is 0 Å². The Balaban J connectivity index is 2.46. The van der Waals surface area contributed by atoms with Crippen molar-refractivity contribution in [3.63, 3.8) is 0 Å². The number of nitrogens with one attached hydrogen (secondary N) is 2. The molecule has 0 bridgehead atoms. The maximum Gasteiger partial charge on any atom is 0.233 e. The van der Waals surface area contributed by atoms with Crippen molar-refractivity contribution in [3.8, 4) is 0 Å². The molecule has 0 spiro atoms. The molecule has 0 atom stereocenters. The Morgan fingerprint density at radius 3 is 2.43 bits per heavy atom. The summed E-state index contributed by atoms with van der Waals surface area (Å²) in [5.74, 6) is -0.603. The van der Waals surface area contributed by atoms with Crippen LogP contribution in [-0.2, 0) is 9.59 Å². The van der Waals surface area contributed by atoms with Crippen molar-refractivity contribution in [1.82, 2.24) is 0 Å². The molecule has 0 saturated heterocycles. The monoisotopic (exact) mass is 208 g/mol. The number of amides is 2. The first kappa shape index (κ1) is 9.08. The van der Waals surface area contributed by atoms with Crippen LogP contribution in [0.2, 0.25) is 0 Å². The number of thiol groups is 1. The minimum absolute atomic E-state index is 0.142. The van der Waals surface area contributed by atoms with Crippen LogP contribution in [0.4, 0.5) is 11.4 Å². The van der Waals surface area contributed by atoms with Gasteiger partial charge in [-0.3, -0.25) is 9.59 Å². The number of hydrogen-bond donors (Lipinski definition) is 3. The molecule has 0 radical (unpaired) electrons. The summed E-state index contributed by atoms with van der Waals surface area (Å²) in [6.07, 6.45) is -0.142. The van der Waals surface area contributed by atoms with E-state index in [1.165, 1.54) is 0 Å². The van der Waals surface area contributed by atoms with Gasteiger partial charge in [0.15, 0.2) is 0 Å². The summed E-state index contributed by atoms with van der Waals surface area (Å²) in [5, 5.41) is 5.25. The van der Waals surface area contributed by atoms with E-state index in [-0.39, 0.29) is 18.2 Å². The Hall–Kier alpha value is -1.49. The predicted molar refractivity (Wildman–Crippen MR) is 55.6 cm³/mol. The summed E-state index contributed by atoms with van der Waals surface area (Å²) in [5.41, 5.74) is 1.20. The highest BCUT2D eigenvalue weighted by Crippen LogP contribution is 2.26. The molecule has 4 nitrogen and oxygen atoms in total. The van der Waals surface area contributed by atoms with Crippen molar-refractivity contribution in [2.24, 2.45) is 0 Å². The van der Waals surface area contributed by atoms with Gasteiger partial charge < -0.3 is 10.6 Å². The van der Waals surface area contributed by atoms with Crippen LogP contribution < -0.4 is 10.6 Å². The molecule has 14 heavy (non-hydrogen) atoms. The van der Waals surface area contributed by atoms with E-state index in [1.54, 1.807) is 18.2 Å². The minimum atomic E-state index is -0.305. The highest BCUT2D eigenvalue weighted by Gasteiger charge is 2.17. The van der Waals surface area contributed by atoms with E-state index < -0.39 is 0 Å². The van der Waals surface area contributed by atoms with Gasteiger partial charge in [-0.25, -0.2) is 0 Å². The second-order valence-corrected chi connectivity index (χ2v) is 3.52. The zero-order chi connectivity index (χ0) is 10.1. The van der Waals surface area contributed by atoms with Gasteiger partial charge >= 0.3 is 0 Å². The summed E-state index contributed by atoms with van der Waals surface area (Å²) < 4.78 is 0. The van der Waals surface area contributed by atoms with Crippen LogP contribution in [0.25, 0.3) is 0 Å². The summed E-state index contributed by atoms with van der Waals surface area (Å²) in [6.45, 7) is 0. The minimum Gasteiger partial charge on any atom is -0.324 e. The molecular formula is C9H8N2O2S. The van der Waals surface area contributed by atoms with Gasteiger partial charge in [0.1, 0.15) is 6.42 Å². The third-order valence-corrected chi connectivity index (χ3v) is 2.15. The Morgan fingerprint density at radius 2 is 1.71 bits per heavy atom. The molecule has 1 aliphatic rings. The molecule has 2 N–H and O–H groups in total. The number of benzene rings is 1. The first-order valence-corrected chi connectivity index (χ1v) is 4.52. The van der Waals surface area contributed by atoms with Crippen molar-refractivity contribution in [1.29, 1.82) is 0 Å². The lowest BCUT2D eigenvalue weighted by molar-refractivity contribution is -0.123. The van der Waals surface area contributed by atoms with Crippen molar-refractivity contribution < 1.29 is 9.59 Å². The van der Waals surface area contributed by atoms with Gasteiger partial charge in [-0.1, -0.05) is 0 Å². The summed E-state index contributed by atoms with van der Waals surface area (Å²) in [4.78, 5) is 23.1. The summed E-state index contributed by atoms with van der Waals surface area (Å²) in [7, 11) is 0. The fourth-order valence-electron chi connectivity index (χ4n) is 1.28. The van der Waals surface area contributed by atoms with Crippen LogP contribution in [0.5, 0.6) is 0 Å². The predicted octanol–water partition coefficient (Wildman–Crippen LogP) is 1.26. The Morgan fingerprint density at radius 1 is 1.07 bits per heavy atom. The second-order valence-electron chi connectivity index (χ2n) is 3.00. The van der Waals surface area contributed by atoms with Crippen LogP contribution in [0.15, 0.2) is 23.1 Å². The largest absolute Gasteiger partial charge is 0.324 e. The number of fused-ring (bicyclic) bond motifs is 1. The lowest BCUT2D eigenvalue weighted by atomic mass is 10.2. The van der Waals surface area contributed by atoms with Crippen molar-refractivity contribution >= 4 is 35.8 Å². The molecule has 0 saturated carbocycles. The third-order valence-electron chi connectivity index (χ3n) is 1.87. The maximum atomic E-state index is 11.2.